The molecule has 0 fully saturated rings. The standard InChI is InChI=1S/C13H11NO3/c1-9(13(15)16)7-11-4-5-12(17-11)10-3-2-6-14-8-10/h2-8H,1H3,(H,15,16). The molecule has 0 aliphatic rings. The Balaban J connectivity index is 2.29. The summed E-state index contributed by atoms with van der Waals surface area (Å²) in [5.74, 6) is 0.232. The lowest BCUT2D eigenvalue weighted by Crippen LogP contribution is -1.94. The highest BCUT2D eigenvalue weighted by molar-refractivity contribution is 5.91. The van der Waals surface area contributed by atoms with Gasteiger partial charge >= 0.3 is 5.97 Å². The van der Waals surface area contributed by atoms with Gasteiger partial charge in [-0.1, -0.05) is 0 Å². The number of aromatic nitrogens is 1. The number of carboxylic acid groups (broad SMARTS) is 1. The molecule has 2 rings (SSSR count). The number of pyridine rings is 1. The molecule has 1 N–H and O–H groups in total. The molecule has 2 aromatic rings. The van der Waals surface area contributed by atoms with Crippen molar-refractivity contribution in [2.75, 3.05) is 0 Å². The topological polar surface area (TPSA) is 63.3 Å². The van der Waals surface area contributed by atoms with Crippen LogP contribution >= 0.6 is 0 Å². The van der Waals surface area contributed by atoms with Crippen molar-refractivity contribution in [1.29, 1.82) is 0 Å². The van der Waals surface area contributed by atoms with Crippen molar-refractivity contribution in [2.45, 2.75) is 6.92 Å². The average molecular weight is 229 g/mol. The highest BCUT2D eigenvalue weighted by Crippen LogP contribution is 2.22. The molecule has 0 spiro atoms. The van der Waals surface area contributed by atoms with Gasteiger partial charge in [0.25, 0.3) is 0 Å². The fraction of sp³-hybridized carbons (Fsp3) is 0.0769. The van der Waals surface area contributed by atoms with Crippen LogP contribution in [-0.4, -0.2) is 16.1 Å². The molecule has 0 bridgehead atoms. The van der Waals surface area contributed by atoms with E-state index in [1.807, 2.05) is 12.1 Å². The van der Waals surface area contributed by atoms with Gasteiger partial charge in [-0.2, -0.15) is 0 Å². The first-order valence-electron chi connectivity index (χ1n) is 5.08. The van der Waals surface area contributed by atoms with E-state index in [1.54, 1.807) is 24.5 Å². The lowest BCUT2D eigenvalue weighted by Gasteiger charge is -1.94. The van der Waals surface area contributed by atoms with Crippen LogP contribution in [0.5, 0.6) is 0 Å². The van der Waals surface area contributed by atoms with Gasteiger partial charge in [-0.15, -0.1) is 0 Å². The molecule has 0 unspecified atom stereocenters. The summed E-state index contributed by atoms with van der Waals surface area (Å²) in [6.07, 6.45) is 4.86. The number of furan rings is 1. The molecule has 0 aliphatic carbocycles. The highest BCUT2D eigenvalue weighted by Gasteiger charge is 2.05. The fourth-order valence-corrected chi connectivity index (χ4v) is 1.37. The molecular weight excluding hydrogens is 218 g/mol. The zero-order chi connectivity index (χ0) is 12.3. The van der Waals surface area contributed by atoms with Gasteiger partial charge < -0.3 is 9.52 Å². The van der Waals surface area contributed by atoms with Crippen molar-refractivity contribution in [2.24, 2.45) is 0 Å². The molecule has 0 aliphatic heterocycles. The quantitative estimate of drug-likeness (QED) is 0.822. The maximum absolute atomic E-state index is 10.7. The first-order valence-corrected chi connectivity index (χ1v) is 5.08. The maximum atomic E-state index is 10.7. The van der Waals surface area contributed by atoms with Gasteiger partial charge in [0.2, 0.25) is 0 Å². The Morgan fingerprint density at radius 1 is 1.41 bits per heavy atom. The minimum Gasteiger partial charge on any atom is -0.478 e. The van der Waals surface area contributed by atoms with Gasteiger partial charge in [0.1, 0.15) is 11.5 Å². The van der Waals surface area contributed by atoms with Crippen LogP contribution in [0.2, 0.25) is 0 Å². The Morgan fingerprint density at radius 2 is 2.24 bits per heavy atom. The zero-order valence-electron chi connectivity index (χ0n) is 9.25. The van der Waals surface area contributed by atoms with Crippen molar-refractivity contribution < 1.29 is 14.3 Å². The third-order valence-corrected chi connectivity index (χ3v) is 2.27. The summed E-state index contributed by atoms with van der Waals surface area (Å²) in [5, 5.41) is 8.75. The van der Waals surface area contributed by atoms with E-state index >= 15 is 0 Å². The van der Waals surface area contributed by atoms with E-state index in [2.05, 4.69) is 4.98 Å². The SMILES string of the molecule is CC(=Cc1ccc(-c2cccnc2)o1)C(=O)O. The second-order valence-electron chi connectivity index (χ2n) is 3.58. The van der Waals surface area contributed by atoms with E-state index in [0.29, 0.717) is 11.5 Å². The molecule has 0 radical (unpaired) electrons. The Bertz CT molecular complexity index is 555. The van der Waals surface area contributed by atoms with Gasteiger partial charge in [-0.05, 0) is 37.3 Å². The van der Waals surface area contributed by atoms with Crippen LogP contribution in [0.4, 0.5) is 0 Å². The summed E-state index contributed by atoms with van der Waals surface area (Å²) >= 11 is 0. The molecule has 4 nitrogen and oxygen atoms in total. The molecule has 0 saturated heterocycles. The number of rotatable bonds is 3. The first kappa shape index (κ1) is 11.1. The Kier molecular flexibility index (Phi) is 3.05. The summed E-state index contributed by atoms with van der Waals surface area (Å²) in [6, 6.07) is 7.21. The fourth-order valence-electron chi connectivity index (χ4n) is 1.37. The number of hydrogen-bond donors (Lipinski definition) is 1. The van der Waals surface area contributed by atoms with Crippen LogP contribution in [0.1, 0.15) is 12.7 Å². The van der Waals surface area contributed by atoms with E-state index in [1.165, 1.54) is 13.0 Å². The van der Waals surface area contributed by atoms with Crippen molar-refractivity contribution in [3.05, 3.63) is 48.0 Å². The molecule has 0 amide bonds. The molecule has 0 saturated carbocycles. The molecule has 0 atom stereocenters. The summed E-state index contributed by atoms with van der Waals surface area (Å²) in [5.41, 5.74) is 1.09. The van der Waals surface area contributed by atoms with Gasteiger partial charge in [0, 0.05) is 23.5 Å². The Labute approximate surface area is 98.2 Å². The smallest absolute Gasteiger partial charge is 0.331 e. The third kappa shape index (κ3) is 2.60. The first-order chi connectivity index (χ1) is 8.16. The van der Waals surface area contributed by atoms with Crippen LogP contribution in [0.3, 0.4) is 0 Å². The van der Waals surface area contributed by atoms with Crippen molar-refractivity contribution in [1.82, 2.24) is 4.98 Å². The van der Waals surface area contributed by atoms with Gasteiger partial charge in [0.15, 0.2) is 0 Å². The lowest BCUT2D eigenvalue weighted by atomic mass is 10.2. The minimum atomic E-state index is -0.954. The van der Waals surface area contributed by atoms with Crippen molar-refractivity contribution >= 4 is 12.0 Å². The van der Waals surface area contributed by atoms with Gasteiger partial charge in [-0.25, -0.2) is 4.79 Å². The van der Waals surface area contributed by atoms with E-state index in [9.17, 15) is 4.79 Å². The summed E-state index contributed by atoms with van der Waals surface area (Å²) in [6.45, 7) is 1.52. The number of nitrogens with zero attached hydrogens (tertiary/aromatic N) is 1. The average Bonchev–Trinajstić information content (AvgIpc) is 2.78. The van der Waals surface area contributed by atoms with Crippen LogP contribution in [0, 0.1) is 0 Å². The highest BCUT2D eigenvalue weighted by atomic mass is 16.4. The molecule has 2 aromatic heterocycles. The third-order valence-electron chi connectivity index (χ3n) is 2.27. The number of aliphatic carboxylic acids is 1. The zero-order valence-corrected chi connectivity index (χ0v) is 9.25. The second kappa shape index (κ2) is 4.65. The number of hydrogen-bond acceptors (Lipinski definition) is 3. The Morgan fingerprint density at radius 3 is 2.88 bits per heavy atom. The van der Waals surface area contributed by atoms with Crippen LogP contribution < -0.4 is 0 Å². The van der Waals surface area contributed by atoms with E-state index in [4.69, 9.17) is 9.52 Å². The summed E-state index contributed by atoms with van der Waals surface area (Å²) in [7, 11) is 0. The van der Waals surface area contributed by atoms with E-state index < -0.39 is 5.97 Å². The predicted molar refractivity (Wildman–Crippen MR) is 63.2 cm³/mol. The van der Waals surface area contributed by atoms with Crippen molar-refractivity contribution in [3.8, 4) is 11.3 Å². The predicted octanol–water partition coefficient (Wildman–Crippen LogP) is 2.83. The van der Waals surface area contributed by atoms with Crippen LogP contribution in [0.25, 0.3) is 17.4 Å². The summed E-state index contributed by atoms with van der Waals surface area (Å²) < 4.78 is 5.51. The minimum absolute atomic E-state index is 0.233. The maximum Gasteiger partial charge on any atom is 0.331 e. The molecule has 86 valence electrons. The molecule has 2 heterocycles. The van der Waals surface area contributed by atoms with E-state index in [0.717, 1.165) is 5.56 Å². The number of carbonyl (C=O) groups is 1. The number of carboxylic acids is 1. The summed E-state index contributed by atoms with van der Waals surface area (Å²) in [4.78, 5) is 14.7. The van der Waals surface area contributed by atoms with Gasteiger partial charge in [0.05, 0.1) is 0 Å². The molecular formula is C13H11NO3. The largest absolute Gasteiger partial charge is 0.478 e. The van der Waals surface area contributed by atoms with Crippen LogP contribution in [-0.2, 0) is 4.79 Å². The van der Waals surface area contributed by atoms with Gasteiger partial charge in [-0.3, -0.25) is 4.98 Å². The lowest BCUT2D eigenvalue weighted by molar-refractivity contribution is -0.132. The van der Waals surface area contributed by atoms with Crippen molar-refractivity contribution in [3.63, 3.8) is 0 Å². The van der Waals surface area contributed by atoms with Crippen LogP contribution in [0.15, 0.2) is 46.6 Å². The second-order valence-corrected chi connectivity index (χ2v) is 3.58. The Hall–Kier alpha value is -2.36. The van der Waals surface area contributed by atoms with E-state index in [-0.39, 0.29) is 5.57 Å². The molecule has 0 aromatic carbocycles. The monoisotopic (exact) mass is 229 g/mol. The normalized spacial score (nSPS) is 11.5. The molecule has 17 heavy (non-hydrogen) atoms. The molecule has 4 heteroatoms.